The maximum atomic E-state index is 13.9. The van der Waals surface area contributed by atoms with Crippen molar-refractivity contribution in [3.05, 3.63) is 59.9 Å². The van der Waals surface area contributed by atoms with Crippen LogP contribution in [0.4, 0.5) is 4.39 Å². The molecule has 4 nitrogen and oxygen atoms in total. The summed E-state index contributed by atoms with van der Waals surface area (Å²) < 4.78 is 13.9. The van der Waals surface area contributed by atoms with Crippen LogP contribution in [-0.2, 0) is 16.0 Å². The van der Waals surface area contributed by atoms with Crippen LogP contribution in [0.15, 0.2) is 48.5 Å². The zero-order valence-corrected chi connectivity index (χ0v) is 19.9. The minimum atomic E-state index is -0.609. The predicted octanol–water partition coefficient (Wildman–Crippen LogP) is 5.21. The van der Waals surface area contributed by atoms with E-state index in [1.54, 1.807) is 6.07 Å². The highest BCUT2D eigenvalue weighted by Crippen LogP contribution is 2.39. The van der Waals surface area contributed by atoms with Gasteiger partial charge in [0.15, 0.2) is 0 Å². The lowest BCUT2D eigenvalue weighted by Gasteiger charge is -2.43. The van der Waals surface area contributed by atoms with Gasteiger partial charge in [-0.25, -0.2) is 4.39 Å². The maximum absolute atomic E-state index is 13.9. The molecule has 172 valence electrons. The molecule has 0 spiro atoms. The maximum Gasteiger partial charge on any atom is 0.227 e. The van der Waals surface area contributed by atoms with Crippen molar-refractivity contribution in [1.82, 2.24) is 10.2 Å². The molecular weight excluding hydrogens is 403 g/mol. The van der Waals surface area contributed by atoms with Crippen molar-refractivity contribution >= 4 is 11.8 Å². The molecule has 0 saturated carbocycles. The number of rotatable bonds is 5. The topological polar surface area (TPSA) is 49.4 Å². The highest BCUT2D eigenvalue weighted by atomic mass is 19.1. The van der Waals surface area contributed by atoms with Gasteiger partial charge in [0.2, 0.25) is 11.8 Å². The largest absolute Gasteiger partial charge is 0.353 e. The Hall–Kier alpha value is -2.69. The van der Waals surface area contributed by atoms with E-state index in [1.165, 1.54) is 12.1 Å². The van der Waals surface area contributed by atoms with E-state index >= 15 is 0 Å². The van der Waals surface area contributed by atoms with Crippen LogP contribution in [0.3, 0.4) is 0 Å². The highest BCUT2D eigenvalue weighted by Gasteiger charge is 2.44. The smallest absolute Gasteiger partial charge is 0.227 e. The van der Waals surface area contributed by atoms with E-state index in [9.17, 15) is 14.0 Å². The molecule has 1 aliphatic heterocycles. The van der Waals surface area contributed by atoms with Crippen molar-refractivity contribution in [2.75, 3.05) is 13.1 Å². The Morgan fingerprint density at radius 3 is 2.31 bits per heavy atom. The van der Waals surface area contributed by atoms with Gasteiger partial charge in [0.05, 0.1) is 5.41 Å². The van der Waals surface area contributed by atoms with Crippen molar-refractivity contribution < 1.29 is 14.0 Å². The fraction of sp³-hybridized carbons (Fsp3) is 0.481. The first-order valence-corrected chi connectivity index (χ1v) is 11.5. The van der Waals surface area contributed by atoms with Crippen molar-refractivity contribution in [1.29, 1.82) is 0 Å². The van der Waals surface area contributed by atoms with E-state index in [-0.39, 0.29) is 23.7 Å². The number of halogens is 1. The molecule has 1 fully saturated rings. The Morgan fingerprint density at radius 1 is 1.06 bits per heavy atom. The van der Waals surface area contributed by atoms with Crippen LogP contribution in [0, 0.1) is 16.6 Å². The molecule has 1 N–H and O–H groups in total. The summed E-state index contributed by atoms with van der Waals surface area (Å²) in [6, 6.07) is 14.5. The molecule has 2 aromatic rings. The predicted molar refractivity (Wildman–Crippen MR) is 127 cm³/mol. The van der Waals surface area contributed by atoms with Gasteiger partial charge in [0.25, 0.3) is 0 Å². The van der Waals surface area contributed by atoms with Gasteiger partial charge in [-0.15, -0.1) is 0 Å². The van der Waals surface area contributed by atoms with Crippen LogP contribution >= 0.6 is 0 Å². The lowest BCUT2D eigenvalue weighted by molar-refractivity contribution is -0.146. The number of carbonyl (C=O) groups excluding carboxylic acids is 2. The molecule has 2 amide bonds. The number of hydrogen-bond donors (Lipinski definition) is 1. The van der Waals surface area contributed by atoms with Crippen molar-refractivity contribution in [3.63, 3.8) is 0 Å². The molecule has 3 rings (SSSR count). The van der Waals surface area contributed by atoms with Crippen molar-refractivity contribution in [2.24, 2.45) is 10.8 Å². The third kappa shape index (κ3) is 5.37. The number of benzene rings is 2. The number of hydrogen-bond acceptors (Lipinski definition) is 2. The zero-order chi connectivity index (χ0) is 23.5. The van der Waals surface area contributed by atoms with Gasteiger partial charge < -0.3 is 10.2 Å². The Morgan fingerprint density at radius 2 is 1.72 bits per heavy atom. The van der Waals surface area contributed by atoms with Crippen LogP contribution in [0.25, 0.3) is 11.1 Å². The number of carbonyl (C=O) groups is 2. The van der Waals surface area contributed by atoms with Gasteiger partial charge in [-0.05, 0) is 61.9 Å². The van der Waals surface area contributed by atoms with Gasteiger partial charge in [0, 0.05) is 24.5 Å². The summed E-state index contributed by atoms with van der Waals surface area (Å²) in [4.78, 5) is 28.1. The summed E-state index contributed by atoms with van der Waals surface area (Å²) in [5.41, 5.74) is 1.72. The lowest BCUT2D eigenvalue weighted by Crippen LogP contribution is -2.53. The number of amides is 2. The molecule has 32 heavy (non-hydrogen) atoms. The normalized spacial score (nSPS) is 16.2. The monoisotopic (exact) mass is 438 g/mol. The Balaban J connectivity index is 1.93. The average Bonchev–Trinajstić information content (AvgIpc) is 2.73. The Kier molecular flexibility index (Phi) is 7.06. The summed E-state index contributed by atoms with van der Waals surface area (Å²) in [7, 11) is 0. The first-order valence-electron chi connectivity index (χ1n) is 11.5. The minimum absolute atomic E-state index is 0.0319. The summed E-state index contributed by atoms with van der Waals surface area (Å²) in [5.74, 6) is -0.126. The van der Waals surface area contributed by atoms with Crippen LogP contribution in [-0.4, -0.2) is 35.8 Å². The molecule has 0 atom stereocenters. The molecule has 5 heteroatoms. The molecule has 1 aliphatic rings. The third-order valence-corrected chi connectivity index (χ3v) is 6.23. The van der Waals surface area contributed by atoms with Gasteiger partial charge in [-0.2, -0.15) is 0 Å². The summed E-state index contributed by atoms with van der Waals surface area (Å²) >= 11 is 0. The summed E-state index contributed by atoms with van der Waals surface area (Å²) in [5, 5.41) is 3.11. The lowest BCUT2D eigenvalue weighted by atomic mass is 9.71. The van der Waals surface area contributed by atoms with E-state index in [0.29, 0.717) is 32.4 Å². The van der Waals surface area contributed by atoms with E-state index in [4.69, 9.17) is 0 Å². The molecular formula is C27H35FN2O2. The standard InChI is InChI=1S/C27H35FN2O2/c1-19(2)29-24(31)27(13-15-30(16-14-27)25(32)26(3,4)5)18-21-9-6-7-12-23(21)20-10-8-11-22(28)17-20/h6-12,17,19H,13-16,18H2,1-5H3,(H,29,31). The molecule has 2 aromatic carbocycles. The minimum Gasteiger partial charge on any atom is -0.353 e. The molecule has 0 aromatic heterocycles. The van der Waals surface area contributed by atoms with Gasteiger partial charge in [0.1, 0.15) is 5.82 Å². The Labute approximate surface area is 191 Å². The first-order chi connectivity index (χ1) is 15.0. The SMILES string of the molecule is CC(C)NC(=O)C1(Cc2ccccc2-c2cccc(F)c2)CCN(C(=O)C(C)(C)C)CC1. The molecule has 1 saturated heterocycles. The van der Waals surface area contributed by atoms with Crippen LogP contribution < -0.4 is 5.32 Å². The zero-order valence-electron chi connectivity index (χ0n) is 19.9. The second-order valence-electron chi connectivity index (χ2n) is 10.3. The summed E-state index contributed by atoms with van der Waals surface area (Å²) in [6.45, 7) is 10.8. The number of nitrogens with zero attached hydrogens (tertiary/aromatic N) is 1. The van der Waals surface area contributed by atoms with Gasteiger partial charge in [-0.1, -0.05) is 57.2 Å². The van der Waals surface area contributed by atoms with E-state index in [0.717, 1.165) is 16.7 Å². The quantitative estimate of drug-likeness (QED) is 0.696. The molecule has 0 radical (unpaired) electrons. The molecule has 0 bridgehead atoms. The average molecular weight is 439 g/mol. The van der Waals surface area contributed by atoms with Crippen molar-refractivity contribution in [2.45, 2.75) is 59.9 Å². The number of piperidine rings is 1. The molecule has 0 unspecified atom stereocenters. The second kappa shape index (κ2) is 9.43. The fourth-order valence-electron chi connectivity index (χ4n) is 4.49. The Bertz CT molecular complexity index is 970. The first kappa shape index (κ1) is 24.0. The van der Waals surface area contributed by atoms with Crippen molar-refractivity contribution in [3.8, 4) is 11.1 Å². The van der Waals surface area contributed by atoms with E-state index in [2.05, 4.69) is 5.32 Å². The second-order valence-corrected chi connectivity index (χ2v) is 10.3. The van der Waals surface area contributed by atoms with Crippen LogP contribution in [0.5, 0.6) is 0 Å². The third-order valence-electron chi connectivity index (χ3n) is 6.23. The molecule has 1 heterocycles. The fourth-order valence-corrected chi connectivity index (χ4v) is 4.49. The molecule has 0 aliphatic carbocycles. The number of nitrogens with one attached hydrogen (secondary N) is 1. The van der Waals surface area contributed by atoms with Gasteiger partial charge in [-0.3, -0.25) is 9.59 Å². The van der Waals surface area contributed by atoms with Gasteiger partial charge >= 0.3 is 0 Å². The van der Waals surface area contributed by atoms with Crippen LogP contribution in [0.1, 0.15) is 53.0 Å². The van der Waals surface area contributed by atoms with E-state index in [1.807, 2.05) is 69.9 Å². The van der Waals surface area contributed by atoms with Crippen LogP contribution in [0.2, 0.25) is 0 Å². The highest BCUT2D eigenvalue weighted by molar-refractivity contribution is 5.85. The summed E-state index contributed by atoms with van der Waals surface area (Å²) in [6.07, 6.45) is 1.76. The van der Waals surface area contributed by atoms with E-state index < -0.39 is 10.8 Å². The number of likely N-dealkylation sites (tertiary alicyclic amines) is 1.